The zero-order chi connectivity index (χ0) is 50.7. The Morgan fingerprint density at radius 1 is 0.609 bits per heavy atom. The number of hydrogen-bond donors (Lipinski definition) is 6. The number of nitrogens with zero attached hydrogens (tertiary/aromatic N) is 1. The van der Waals surface area contributed by atoms with Crippen molar-refractivity contribution >= 4 is 35.4 Å². The van der Waals surface area contributed by atoms with E-state index >= 15 is 0 Å². The van der Waals surface area contributed by atoms with Crippen molar-refractivity contribution in [3.8, 4) is 5.75 Å². The number of amides is 6. The molecule has 22 heteroatoms. The third kappa shape index (κ3) is 22.7. The van der Waals surface area contributed by atoms with Gasteiger partial charge < -0.3 is 50.3 Å². The number of ether oxygens (including phenoxy) is 5. The third-order valence-corrected chi connectivity index (χ3v) is 10.1. The largest absolute Gasteiger partial charge is 0.492 e. The first-order valence-corrected chi connectivity index (χ1v) is 22.1. The average molecular weight is 978 g/mol. The van der Waals surface area contributed by atoms with Crippen molar-refractivity contribution in [3.63, 3.8) is 0 Å². The molecule has 4 rings (SSSR count). The second-order valence-electron chi connectivity index (χ2n) is 15.8. The Bertz CT molecular complexity index is 2080. The summed E-state index contributed by atoms with van der Waals surface area (Å²) in [6.45, 7) is 8.72. The van der Waals surface area contributed by atoms with Gasteiger partial charge in [0.2, 0.25) is 35.4 Å². The van der Waals surface area contributed by atoms with E-state index in [9.17, 15) is 46.3 Å². The molecular weight excluding hydrogens is 915 g/mol. The number of carbonyl (C=O) groups excluding carboxylic acids is 6. The van der Waals surface area contributed by atoms with Crippen LogP contribution in [-0.2, 0) is 67.0 Å². The first-order chi connectivity index (χ1) is 33.0. The molecule has 0 aliphatic carbocycles. The van der Waals surface area contributed by atoms with Crippen LogP contribution in [0, 0.1) is 23.3 Å². The zero-order valence-corrected chi connectivity index (χ0v) is 39.4. The fraction of sp³-hybridized carbons (Fsp3) is 0.489. The molecule has 1 unspecified atom stereocenters. The molecule has 0 bridgehead atoms. The summed E-state index contributed by atoms with van der Waals surface area (Å²) in [6, 6.07) is 9.22. The van der Waals surface area contributed by atoms with Gasteiger partial charge in [0.1, 0.15) is 53.8 Å². The lowest BCUT2D eigenvalue weighted by molar-refractivity contribution is -0.134. The number of halogens is 4. The van der Waals surface area contributed by atoms with Crippen molar-refractivity contribution in [2.24, 2.45) is 0 Å². The van der Waals surface area contributed by atoms with Crippen LogP contribution in [0.4, 0.5) is 17.6 Å². The minimum atomic E-state index is -1.06. The Balaban J connectivity index is 0.000000394. The standard InChI is InChI=1S/C29H38F2N4O6.C18H25F2N3O5/c1-20(33-27(36)18-22-15-23(30)19-24(31)16-22)28(37)34-29(38)26(32-7-11-39-2)17-21-3-5-25(6-4-21)41-14-10-35-8-12-40-13-9-35;1-11(22-16(24)8-12-6-13(19)9-14(20)7-12)17(25)23-15(10-28-3)18(26)21-4-5-27-2/h3-6,15-16,19-20,26,32H,7-14,17-18H2,1-2H3,(H,33,36)(H,34,37,38);6-7,9,11,15H,4-5,8,10H2,1-3H3,(H,21,26)(H,22,24)(H,23,25)/t20-,26-;11-,15?/m00/s1. The lowest BCUT2D eigenvalue weighted by Crippen LogP contribution is -2.54. The van der Waals surface area contributed by atoms with Crippen molar-refractivity contribution in [2.45, 2.75) is 57.3 Å². The maximum atomic E-state index is 13.4. The summed E-state index contributed by atoms with van der Waals surface area (Å²) in [6.07, 6.45) is -0.331. The number of carbonyl (C=O) groups is 6. The van der Waals surface area contributed by atoms with Crippen LogP contribution in [0.5, 0.6) is 5.75 Å². The number of nitrogens with one attached hydrogen (secondary N) is 6. The summed E-state index contributed by atoms with van der Waals surface area (Å²) in [5, 5.41) is 15.3. The minimum absolute atomic E-state index is 0.0617. The van der Waals surface area contributed by atoms with Gasteiger partial charge in [0.15, 0.2) is 0 Å². The van der Waals surface area contributed by atoms with E-state index in [0.29, 0.717) is 44.9 Å². The summed E-state index contributed by atoms with van der Waals surface area (Å²) in [4.78, 5) is 76.6. The third-order valence-electron chi connectivity index (χ3n) is 10.1. The molecule has 18 nitrogen and oxygen atoms in total. The quantitative estimate of drug-likeness (QED) is 0.0491. The van der Waals surface area contributed by atoms with Gasteiger partial charge in [-0.3, -0.25) is 39.0 Å². The number of methoxy groups -OCH3 is 3. The second-order valence-corrected chi connectivity index (χ2v) is 15.8. The highest BCUT2D eigenvalue weighted by Gasteiger charge is 2.26. The highest BCUT2D eigenvalue weighted by atomic mass is 19.1. The minimum Gasteiger partial charge on any atom is -0.492 e. The van der Waals surface area contributed by atoms with Gasteiger partial charge in [-0.2, -0.15) is 0 Å². The predicted molar refractivity (Wildman–Crippen MR) is 244 cm³/mol. The van der Waals surface area contributed by atoms with Crippen LogP contribution in [-0.4, -0.2) is 158 Å². The molecule has 3 aromatic carbocycles. The first-order valence-electron chi connectivity index (χ1n) is 22.1. The van der Waals surface area contributed by atoms with E-state index in [-0.39, 0.29) is 37.1 Å². The molecule has 0 spiro atoms. The SMILES string of the molecule is COCCNC(=O)C(COC)NC(=O)[C@H](C)NC(=O)Cc1cc(F)cc(F)c1.COCCN[C@@H](Cc1ccc(OCCN2CCOCC2)cc1)C(=O)NC(=O)[C@H](C)NC(=O)Cc1cc(F)cc(F)c1. The van der Waals surface area contributed by atoms with Gasteiger partial charge in [0.05, 0.1) is 51.9 Å². The number of rotatable bonds is 26. The molecule has 6 amide bonds. The summed E-state index contributed by atoms with van der Waals surface area (Å²) in [7, 11) is 4.41. The van der Waals surface area contributed by atoms with E-state index in [2.05, 4.69) is 36.8 Å². The Labute approximate surface area is 398 Å². The Morgan fingerprint density at radius 3 is 1.65 bits per heavy atom. The highest BCUT2D eigenvalue weighted by Crippen LogP contribution is 2.15. The molecule has 0 radical (unpaired) electrons. The molecule has 1 saturated heterocycles. The van der Waals surface area contributed by atoms with E-state index in [4.69, 9.17) is 23.7 Å². The van der Waals surface area contributed by atoms with E-state index in [1.165, 1.54) is 28.1 Å². The van der Waals surface area contributed by atoms with E-state index in [0.717, 1.165) is 68.4 Å². The van der Waals surface area contributed by atoms with Crippen molar-refractivity contribution in [2.75, 3.05) is 93.7 Å². The van der Waals surface area contributed by atoms with Crippen LogP contribution in [0.15, 0.2) is 60.7 Å². The molecule has 3 aromatic rings. The van der Waals surface area contributed by atoms with Crippen LogP contribution < -0.4 is 36.6 Å². The zero-order valence-electron chi connectivity index (χ0n) is 39.4. The molecule has 1 aliphatic heterocycles. The van der Waals surface area contributed by atoms with Gasteiger partial charge in [-0.1, -0.05) is 12.1 Å². The number of hydrogen-bond acceptors (Lipinski definition) is 13. The maximum absolute atomic E-state index is 13.4. The summed E-state index contributed by atoms with van der Waals surface area (Å²) >= 11 is 0. The molecule has 1 aliphatic rings. The van der Waals surface area contributed by atoms with Crippen LogP contribution >= 0.6 is 0 Å². The van der Waals surface area contributed by atoms with Gasteiger partial charge >= 0.3 is 0 Å². The smallest absolute Gasteiger partial charge is 0.248 e. The monoisotopic (exact) mass is 977 g/mol. The lowest BCUT2D eigenvalue weighted by Gasteiger charge is -2.26. The van der Waals surface area contributed by atoms with Gasteiger partial charge in [-0.05, 0) is 73.4 Å². The van der Waals surface area contributed by atoms with Crippen molar-refractivity contribution in [1.29, 1.82) is 0 Å². The van der Waals surface area contributed by atoms with Gasteiger partial charge in [-0.15, -0.1) is 0 Å². The van der Waals surface area contributed by atoms with Crippen LogP contribution in [0.2, 0.25) is 0 Å². The Kier molecular flexibility index (Phi) is 25.9. The maximum Gasteiger partial charge on any atom is 0.248 e. The summed E-state index contributed by atoms with van der Waals surface area (Å²) < 4.78 is 79.2. The van der Waals surface area contributed by atoms with Crippen molar-refractivity contribution in [1.82, 2.24) is 36.8 Å². The fourth-order valence-electron chi connectivity index (χ4n) is 6.54. The van der Waals surface area contributed by atoms with Crippen LogP contribution in [0.25, 0.3) is 0 Å². The topological polar surface area (TPSA) is 224 Å². The van der Waals surface area contributed by atoms with Crippen molar-refractivity contribution in [3.05, 3.63) is 101 Å². The highest BCUT2D eigenvalue weighted by molar-refractivity contribution is 6.01. The van der Waals surface area contributed by atoms with Crippen LogP contribution in [0.1, 0.15) is 30.5 Å². The number of imide groups is 1. The molecule has 4 atom stereocenters. The Hall–Kier alpha value is -6.04. The van der Waals surface area contributed by atoms with E-state index in [1.54, 1.807) is 7.11 Å². The summed E-state index contributed by atoms with van der Waals surface area (Å²) in [5.74, 6) is -6.04. The first kappa shape index (κ1) is 57.3. The normalized spacial score (nSPS) is 14.2. The molecule has 0 aromatic heterocycles. The molecule has 1 heterocycles. The van der Waals surface area contributed by atoms with E-state index in [1.807, 2.05) is 24.3 Å². The molecule has 1 fully saturated rings. The fourth-order valence-corrected chi connectivity index (χ4v) is 6.54. The number of morpholine rings is 1. The van der Waals surface area contributed by atoms with Gasteiger partial charge in [-0.25, -0.2) is 17.6 Å². The van der Waals surface area contributed by atoms with Crippen LogP contribution in [0.3, 0.4) is 0 Å². The van der Waals surface area contributed by atoms with Crippen molar-refractivity contribution < 1.29 is 70.0 Å². The lowest BCUT2D eigenvalue weighted by atomic mass is 10.0. The average Bonchev–Trinajstić information content (AvgIpc) is 3.28. The van der Waals surface area contributed by atoms with Gasteiger partial charge in [0, 0.05) is 66.2 Å². The molecule has 6 N–H and O–H groups in total. The molecular formula is C47H63F4N7O11. The summed E-state index contributed by atoms with van der Waals surface area (Å²) in [5.41, 5.74) is 1.11. The molecule has 380 valence electrons. The Morgan fingerprint density at radius 2 is 1.13 bits per heavy atom. The molecule has 69 heavy (non-hydrogen) atoms. The second kappa shape index (κ2) is 31.2. The predicted octanol–water partition coefficient (Wildman–Crippen LogP) is 1.12. The van der Waals surface area contributed by atoms with Gasteiger partial charge in [0.25, 0.3) is 0 Å². The van der Waals surface area contributed by atoms with E-state index < -0.39 is 82.9 Å². The number of benzene rings is 3. The molecule has 0 saturated carbocycles.